The van der Waals surface area contributed by atoms with Crippen molar-refractivity contribution < 1.29 is 9.84 Å². The van der Waals surface area contributed by atoms with Crippen LogP contribution >= 0.6 is 0 Å². The van der Waals surface area contributed by atoms with E-state index < -0.39 is 0 Å². The van der Waals surface area contributed by atoms with Crippen LogP contribution < -0.4 is 4.74 Å². The highest BCUT2D eigenvalue weighted by Crippen LogP contribution is 2.21. The fourth-order valence-electron chi connectivity index (χ4n) is 1.29. The second kappa shape index (κ2) is 4.87. The molecule has 0 saturated carbocycles. The third-order valence-electron chi connectivity index (χ3n) is 2.04. The molecular formula is C11H16O2. The zero-order chi connectivity index (χ0) is 9.68. The van der Waals surface area contributed by atoms with E-state index in [9.17, 15) is 5.11 Å². The SMILES string of the molecule is CCC[C@@H](O)c1cccc(OC)c1. The van der Waals surface area contributed by atoms with Gasteiger partial charge in [-0.15, -0.1) is 0 Å². The Hall–Kier alpha value is -1.02. The number of hydrogen-bond donors (Lipinski definition) is 1. The molecule has 0 aliphatic carbocycles. The first-order valence-corrected chi connectivity index (χ1v) is 4.60. The van der Waals surface area contributed by atoms with E-state index in [-0.39, 0.29) is 6.10 Å². The monoisotopic (exact) mass is 180 g/mol. The molecule has 1 aromatic carbocycles. The van der Waals surface area contributed by atoms with E-state index in [0.717, 1.165) is 24.2 Å². The highest BCUT2D eigenvalue weighted by molar-refractivity contribution is 5.29. The van der Waals surface area contributed by atoms with Gasteiger partial charge in [-0.25, -0.2) is 0 Å². The van der Waals surface area contributed by atoms with Gasteiger partial charge in [-0.3, -0.25) is 0 Å². The van der Waals surface area contributed by atoms with Gasteiger partial charge < -0.3 is 9.84 Å². The molecule has 13 heavy (non-hydrogen) atoms. The largest absolute Gasteiger partial charge is 0.497 e. The number of ether oxygens (including phenoxy) is 1. The van der Waals surface area contributed by atoms with Crippen molar-refractivity contribution in [1.82, 2.24) is 0 Å². The Bertz CT molecular complexity index is 258. The molecule has 0 amide bonds. The van der Waals surface area contributed by atoms with Crippen molar-refractivity contribution in [2.75, 3.05) is 7.11 Å². The van der Waals surface area contributed by atoms with Gasteiger partial charge in [0.2, 0.25) is 0 Å². The van der Waals surface area contributed by atoms with Gasteiger partial charge in [0.1, 0.15) is 5.75 Å². The molecule has 2 nitrogen and oxygen atoms in total. The lowest BCUT2D eigenvalue weighted by Crippen LogP contribution is -1.96. The number of methoxy groups -OCH3 is 1. The van der Waals surface area contributed by atoms with Gasteiger partial charge in [0.25, 0.3) is 0 Å². The highest BCUT2D eigenvalue weighted by atomic mass is 16.5. The molecule has 0 aromatic heterocycles. The Morgan fingerprint density at radius 2 is 2.23 bits per heavy atom. The van der Waals surface area contributed by atoms with E-state index in [4.69, 9.17) is 4.74 Å². The van der Waals surface area contributed by atoms with Crippen LogP contribution in [0.3, 0.4) is 0 Å². The smallest absolute Gasteiger partial charge is 0.119 e. The molecule has 0 spiro atoms. The number of aliphatic hydroxyl groups excluding tert-OH is 1. The Morgan fingerprint density at radius 3 is 2.85 bits per heavy atom. The van der Waals surface area contributed by atoms with Gasteiger partial charge in [0.15, 0.2) is 0 Å². The molecule has 1 aromatic rings. The summed E-state index contributed by atoms with van der Waals surface area (Å²) in [5.74, 6) is 0.799. The molecule has 0 aliphatic rings. The summed E-state index contributed by atoms with van der Waals surface area (Å²) in [4.78, 5) is 0. The van der Waals surface area contributed by atoms with Gasteiger partial charge in [-0.2, -0.15) is 0 Å². The predicted octanol–water partition coefficient (Wildman–Crippen LogP) is 2.53. The average Bonchev–Trinajstić information content (AvgIpc) is 2.18. The van der Waals surface area contributed by atoms with Crippen molar-refractivity contribution in [3.63, 3.8) is 0 Å². The molecule has 0 heterocycles. The highest BCUT2D eigenvalue weighted by Gasteiger charge is 2.06. The van der Waals surface area contributed by atoms with Crippen LogP contribution in [0, 0.1) is 0 Å². The summed E-state index contributed by atoms with van der Waals surface area (Å²) in [6.45, 7) is 2.06. The van der Waals surface area contributed by atoms with Crippen LogP contribution in [0.5, 0.6) is 5.75 Å². The Labute approximate surface area is 79.2 Å². The van der Waals surface area contributed by atoms with Crippen molar-refractivity contribution in [2.24, 2.45) is 0 Å². The van der Waals surface area contributed by atoms with Crippen molar-refractivity contribution in [1.29, 1.82) is 0 Å². The lowest BCUT2D eigenvalue weighted by molar-refractivity contribution is 0.166. The number of hydrogen-bond acceptors (Lipinski definition) is 2. The molecule has 2 heteroatoms. The maximum atomic E-state index is 9.68. The molecule has 0 saturated heterocycles. The minimum absolute atomic E-state index is 0.361. The lowest BCUT2D eigenvalue weighted by atomic mass is 10.1. The summed E-state index contributed by atoms with van der Waals surface area (Å²) in [6, 6.07) is 7.57. The Balaban J connectivity index is 2.75. The zero-order valence-electron chi connectivity index (χ0n) is 8.16. The van der Waals surface area contributed by atoms with Crippen LogP contribution in [-0.2, 0) is 0 Å². The zero-order valence-corrected chi connectivity index (χ0v) is 8.16. The van der Waals surface area contributed by atoms with Crippen LogP contribution in [0.2, 0.25) is 0 Å². The third-order valence-corrected chi connectivity index (χ3v) is 2.04. The molecular weight excluding hydrogens is 164 g/mol. The van der Waals surface area contributed by atoms with Gasteiger partial charge in [0.05, 0.1) is 13.2 Å². The van der Waals surface area contributed by atoms with Gasteiger partial charge >= 0.3 is 0 Å². The first-order chi connectivity index (χ1) is 6.27. The fourth-order valence-corrected chi connectivity index (χ4v) is 1.29. The number of aliphatic hydroxyl groups is 1. The number of rotatable bonds is 4. The minimum Gasteiger partial charge on any atom is -0.497 e. The molecule has 0 unspecified atom stereocenters. The van der Waals surface area contributed by atoms with E-state index in [2.05, 4.69) is 6.92 Å². The quantitative estimate of drug-likeness (QED) is 0.771. The van der Waals surface area contributed by atoms with Crippen molar-refractivity contribution in [3.05, 3.63) is 29.8 Å². The van der Waals surface area contributed by atoms with E-state index in [0.29, 0.717) is 0 Å². The average molecular weight is 180 g/mol. The van der Waals surface area contributed by atoms with Crippen molar-refractivity contribution in [2.45, 2.75) is 25.9 Å². The van der Waals surface area contributed by atoms with Crippen LogP contribution in [0.15, 0.2) is 24.3 Å². The summed E-state index contributed by atoms with van der Waals surface area (Å²) < 4.78 is 5.07. The molecule has 0 bridgehead atoms. The summed E-state index contributed by atoms with van der Waals surface area (Å²) in [7, 11) is 1.63. The molecule has 1 atom stereocenters. The second-order valence-electron chi connectivity index (χ2n) is 3.08. The van der Waals surface area contributed by atoms with E-state index >= 15 is 0 Å². The number of benzene rings is 1. The Kier molecular flexibility index (Phi) is 3.77. The topological polar surface area (TPSA) is 29.5 Å². The van der Waals surface area contributed by atoms with Gasteiger partial charge in [-0.1, -0.05) is 25.5 Å². The van der Waals surface area contributed by atoms with E-state index in [1.54, 1.807) is 7.11 Å². The second-order valence-corrected chi connectivity index (χ2v) is 3.08. The van der Waals surface area contributed by atoms with Gasteiger partial charge in [-0.05, 0) is 24.1 Å². The first kappa shape index (κ1) is 10.1. The minimum atomic E-state index is -0.361. The van der Waals surface area contributed by atoms with Crippen LogP contribution in [0.1, 0.15) is 31.4 Å². The van der Waals surface area contributed by atoms with E-state index in [1.165, 1.54) is 0 Å². The van der Waals surface area contributed by atoms with Crippen LogP contribution in [0.4, 0.5) is 0 Å². The third kappa shape index (κ3) is 2.74. The van der Waals surface area contributed by atoms with Crippen molar-refractivity contribution >= 4 is 0 Å². The van der Waals surface area contributed by atoms with Crippen LogP contribution in [-0.4, -0.2) is 12.2 Å². The molecule has 0 aliphatic heterocycles. The fraction of sp³-hybridized carbons (Fsp3) is 0.455. The summed E-state index contributed by atoms with van der Waals surface area (Å²) in [6.07, 6.45) is 1.42. The normalized spacial score (nSPS) is 12.5. The predicted molar refractivity (Wildman–Crippen MR) is 52.9 cm³/mol. The van der Waals surface area contributed by atoms with Crippen LogP contribution in [0.25, 0.3) is 0 Å². The molecule has 72 valence electrons. The molecule has 0 fully saturated rings. The summed E-state index contributed by atoms with van der Waals surface area (Å²) in [5, 5.41) is 9.68. The van der Waals surface area contributed by atoms with E-state index in [1.807, 2.05) is 24.3 Å². The first-order valence-electron chi connectivity index (χ1n) is 4.60. The standard InChI is InChI=1S/C11H16O2/c1-3-5-11(12)9-6-4-7-10(8-9)13-2/h4,6-8,11-12H,3,5H2,1-2H3/t11-/m1/s1. The molecule has 1 N–H and O–H groups in total. The lowest BCUT2D eigenvalue weighted by Gasteiger charge is -2.10. The Morgan fingerprint density at radius 1 is 1.46 bits per heavy atom. The molecule has 0 radical (unpaired) electrons. The molecule has 1 rings (SSSR count). The maximum absolute atomic E-state index is 9.68. The summed E-state index contributed by atoms with van der Waals surface area (Å²) in [5.41, 5.74) is 0.932. The van der Waals surface area contributed by atoms with Crippen molar-refractivity contribution in [3.8, 4) is 5.75 Å². The summed E-state index contributed by atoms with van der Waals surface area (Å²) >= 11 is 0. The van der Waals surface area contributed by atoms with Gasteiger partial charge in [0, 0.05) is 0 Å². The maximum Gasteiger partial charge on any atom is 0.119 e.